The summed E-state index contributed by atoms with van der Waals surface area (Å²) in [5.41, 5.74) is 4.12. The van der Waals surface area contributed by atoms with Gasteiger partial charge in [-0.15, -0.1) is 0 Å². The van der Waals surface area contributed by atoms with Gasteiger partial charge >= 0.3 is 6.18 Å². The van der Waals surface area contributed by atoms with Crippen LogP contribution in [0.5, 0.6) is 0 Å². The SMILES string of the molecule is CNCc1ccc(COCC(F)(F)F)cc1.O=Cc1cc(-c2ccccc2)n[nH]1. The van der Waals surface area contributed by atoms with Crippen molar-refractivity contribution in [1.29, 1.82) is 0 Å². The first-order chi connectivity index (χ1) is 13.9. The number of nitrogens with one attached hydrogen (secondary N) is 2. The maximum absolute atomic E-state index is 11.8. The van der Waals surface area contributed by atoms with Gasteiger partial charge in [-0.1, -0.05) is 54.6 Å². The number of halogens is 3. The lowest BCUT2D eigenvalue weighted by Crippen LogP contribution is -2.16. The monoisotopic (exact) mass is 405 g/mol. The van der Waals surface area contributed by atoms with Gasteiger partial charge < -0.3 is 10.1 Å². The molecule has 3 rings (SSSR count). The molecule has 154 valence electrons. The fourth-order valence-corrected chi connectivity index (χ4v) is 2.40. The molecule has 2 N–H and O–H groups in total. The molecule has 0 radical (unpaired) electrons. The lowest BCUT2D eigenvalue weighted by atomic mass is 10.1. The molecule has 0 saturated heterocycles. The maximum atomic E-state index is 11.8. The predicted octanol–water partition coefficient (Wildman–Crippen LogP) is 4.37. The first kappa shape index (κ1) is 22.3. The van der Waals surface area contributed by atoms with Crippen LogP contribution in [0.1, 0.15) is 21.6 Å². The Morgan fingerprint density at radius 2 is 1.72 bits per heavy atom. The van der Waals surface area contributed by atoms with Crippen molar-refractivity contribution in [2.75, 3.05) is 13.7 Å². The second-order valence-corrected chi connectivity index (χ2v) is 6.15. The third kappa shape index (κ3) is 8.28. The van der Waals surface area contributed by atoms with E-state index in [-0.39, 0.29) is 6.61 Å². The fourth-order valence-electron chi connectivity index (χ4n) is 2.40. The molecule has 5 nitrogen and oxygen atoms in total. The second kappa shape index (κ2) is 11.1. The molecule has 0 atom stereocenters. The molecule has 29 heavy (non-hydrogen) atoms. The average Bonchev–Trinajstić information content (AvgIpc) is 3.19. The van der Waals surface area contributed by atoms with E-state index in [0.717, 1.165) is 35.2 Å². The van der Waals surface area contributed by atoms with Crippen LogP contribution < -0.4 is 5.32 Å². The molecule has 3 aromatic rings. The van der Waals surface area contributed by atoms with Gasteiger partial charge in [0.25, 0.3) is 0 Å². The lowest BCUT2D eigenvalue weighted by Gasteiger charge is -2.08. The van der Waals surface area contributed by atoms with E-state index in [1.165, 1.54) is 0 Å². The summed E-state index contributed by atoms with van der Waals surface area (Å²) in [6.45, 7) is -0.478. The van der Waals surface area contributed by atoms with E-state index in [1.807, 2.05) is 49.5 Å². The molecule has 0 aliphatic rings. The molecule has 0 amide bonds. The molecule has 0 saturated carbocycles. The van der Waals surface area contributed by atoms with Crippen LogP contribution >= 0.6 is 0 Å². The van der Waals surface area contributed by atoms with Gasteiger partial charge in [-0.3, -0.25) is 9.89 Å². The Morgan fingerprint density at radius 3 is 2.28 bits per heavy atom. The summed E-state index contributed by atoms with van der Waals surface area (Å²) in [5, 5.41) is 9.62. The second-order valence-electron chi connectivity index (χ2n) is 6.15. The number of nitrogens with zero attached hydrogens (tertiary/aromatic N) is 1. The van der Waals surface area contributed by atoms with Crippen LogP contribution in [0.2, 0.25) is 0 Å². The Kier molecular flexibility index (Phi) is 8.57. The zero-order chi connectivity index (χ0) is 21.1. The minimum atomic E-state index is -4.26. The van der Waals surface area contributed by atoms with E-state index in [9.17, 15) is 18.0 Å². The number of carbonyl (C=O) groups is 1. The minimum Gasteiger partial charge on any atom is -0.367 e. The maximum Gasteiger partial charge on any atom is 0.411 e. The van der Waals surface area contributed by atoms with Crippen LogP contribution in [-0.4, -0.2) is 36.3 Å². The number of aldehydes is 1. The molecule has 0 bridgehead atoms. The molecule has 2 aromatic carbocycles. The van der Waals surface area contributed by atoms with Crippen LogP contribution in [0.15, 0.2) is 60.7 Å². The summed E-state index contributed by atoms with van der Waals surface area (Å²) in [4.78, 5) is 10.4. The molecule has 0 spiro atoms. The van der Waals surface area contributed by atoms with Gasteiger partial charge in [-0.25, -0.2) is 0 Å². The van der Waals surface area contributed by atoms with Gasteiger partial charge in [-0.2, -0.15) is 18.3 Å². The van der Waals surface area contributed by atoms with Gasteiger partial charge in [0.1, 0.15) is 6.61 Å². The van der Waals surface area contributed by atoms with Gasteiger partial charge in [0.05, 0.1) is 18.0 Å². The van der Waals surface area contributed by atoms with Crippen molar-refractivity contribution in [3.8, 4) is 11.3 Å². The number of H-pyrrole nitrogens is 1. The smallest absolute Gasteiger partial charge is 0.367 e. The number of rotatable bonds is 7. The standard InChI is InChI=1S/C11H14F3NO.C10H8N2O/c1-15-6-9-2-4-10(5-3-9)7-16-8-11(12,13)14;13-7-9-6-10(12-11-9)8-4-2-1-3-5-8/h2-5,15H,6-8H2,1H3;1-7H,(H,11,12). The zero-order valence-electron chi connectivity index (χ0n) is 15.9. The Labute approximate surface area is 166 Å². The zero-order valence-corrected chi connectivity index (χ0v) is 15.9. The van der Waals surface area contributed by atoms with Crippen LogP contribution in [0, 0.1) is 0 Å². The van der Waals surface area contributed by atoms with Crippen molar-refractivity contribution in [2.24, 2.45) is 0 Å². The summed E-state index contributed by atoms with van der Waals surface area (Å²) >= 11 is 0. The third-order valence-electron chi connectivity index (χ3n) is 3.73. The van der Waals surface area contributed by atoms with Crippen molar-refractivity contribution in [3.05, 3.63) is 77.5 Å². The van der Waals surface area contributed by atoms with Crippen molar-refractivity contribution in [2.45, 2.75) is 19.3 Å². The number of benzene rings is 2. The molecular formula is C21H22F3N3O2. The fraction of sp³-hybridized carbons (Fsp3) is 0.238. The number of alkyl halides is 3. The summed E-state index contributed by atoms with van der Waals surface area (Å²) in [7, 11) is 1.83. The number of aromatic nitrogens is 2. The van der Waals surface area contributed by atoms with E-state index >= 15 is 0 Å². The number of carbonyl (C=O) groups excluding carboxylic acids is 1. The van der Waals surface area contributed by atoms with Gasteiger partial charge in [0.15, 0.2) is 6.29 Å². The molecule has 0 fully saturated rings. The van der Waals surface area contributed by atoms with E-state index in [2.05, 4.69) is 20.3 Å². The van der Waals surface area contributed by atoms with Crippen molar-refractivity contribution < 1.29 is 22.7 Å². The summed E-state index contributed by atoms with van der Waals surface area (Å²) in [5.74, 6) is 0. The third-order valence-corrected chi connectivity index (χ3v) is 3.73. The first-order valence-corrected chi connectivity index (χ1v) is 8.84. The minimum absolute atomic E-state index is 0.0145. The van der Waals surface area contributed by atoms with Gasteiger partial charge in [0.2, 0.25) is 0 Å². The van der Waals surface area contributed by atoms with Crippen molar-refractivity contribution in [3.63, 3.8) is 0 Å². The molecule has 0 aliphatic carbocycles. The van der Waals surface area contributed by atoms with Gasteiger partial charge in [0, 0.05) is 12.1 Å². The average molecular weight is 405 g/mol. The Balaban J connectivity index is 0.000000211. The highest BCUT2D eigenvalue weighted by Crippen LogP contribution is 2.16. The van der Waals surface area contributed by atoms with Crippen molar-refractivity contribution in [1.82, 2.24) is 15.5 Å². The quantitative estimate of drug-likeness (QED) is 0.573. The van der Waals surface area contributed by atoms with E-state index in [1.54, 1.807) is 18.2 Å². The molecule has 0 unspecified atom stereocenters. The molecule has 0 aliphatic heterocycles. The number of hydrogen-bond acceptors (Lipinski definition) is 4. The van der Waals surface area contributed by atoms with Crippen LogP contribution in [-0.2, 0) is 17.9 Å². The summed E-state index contributed by atoms with van der Waals surface area (Å²) in [6, 6.07) is 18.7. The van der Waals surface area contributed by atoms with Crippen LogP contribution in [0.3, 0.4) is 0 Å². The highest BCUT2D eigenvalue weighted by molar-refractivity contribution is 5.75. The normalized spacial score (nSPS) is 10.9. The topological polar surface area (TPSA) is 67.0 Å². The predicted molar refractivity (Wildman–Crippen MR) is 104 cm³/mol. The molecule has 1 aromatic heterocycles. The summed E-state index contributed by atoms with van der Waals surface area (Å²) in [6.07, 6.45) is -3.51. The van der Waals surface area contributed by atoms with E-state index in [0.29, 0.717) is 5.69 Å². The Bertz CT molecular complexity index is 863. The van der Waals surface area contributed by atoms with Gasteiger partial charge in [-0.05, 0) is 24.2 Å². The molecule has 8 heteroatoms. The Morgan fingerprint density at radius 1 is 1.07 bits per heavy atom. The number of hydrogen-bond donors (Lipinski definition) is 2. The summed E-state index contributed by atoms with van der Waals surface area (Å²) < 4.78 is 39.9. The number of ether oxygens (including phenoxy) is 1. The van der Waals surface area contributed by atoms with E-state index in [4.69, 9.17) is 0 Å². The highest BCUT2D eigenvalue weighted by Gasteiger charge is 2.27. The first-order valence-electron chi connectivity index (χ1n) is 8.84. The van der Waals surface area contributed by atoms with E-state index < -0.39 is 12.8 Å². The lowest BCUT2D eigenvalue weighted by molar-refractivity contribution is -0.176. The van der Waals surface area contributed by atoms with Crippen LogP contribution in [0.25, 0.3) is 11.3 Å². The molecular weight excluding hydrogens is 383 g/mol. The highest BCUT2D eigenvalue weighted by atomic mass is 19.4. The van der Waals surface area contributed by atoms with Crippen molar-refractivity contribution >= 4 is 6.29 Å². The largest absolute Gasteiger partial charge is 0.411 e. The Hall–Kier alpha value is -2.97. The van der Waals surface area contributed by atoms with Crippen LogP contribution in [0.4, 0.5) is 13.2 Å². The number of aromatic amines is 1. The molecule has 1 heterocycles.